The van der Waals surface area contributed by atoms with E-state index in [1.54, 1.807) is 0 Å². The molecule has 0 amide bonds. The summed E-state index contributed by atoms with van der Waals surface area (Å²) >= 11 is 0. The Morgan fingerprint density at radius 2 is 1.64 bits per heavy atom. The normalized spacial score (nSPS) is 23.0. The van der Waals surface area contributed by atoms with Gasteiger partial charge < -0.3 is 19.9 Å². The van der Waals surface area contributed by atoms with Gasteiger partial charge in [-0.05, 0) is 38.3 Å². The molecule has 130 valence electrons. The van der Waals surface area contributed by atoms with Crippen LogP contribution < -0.4 is 5.32 Å². The summed E-state index contributed by atoms with van der Waals surface area (Å²) in [6, 6.07) is 0. The fraction of sp³-hybridized carbons (Fsp3) is 1.00. The third kappa shape index (κ3) is 7.26. The molecule has 22 heavy (non-hydrogen) atoms. The lowest BCUT2D eigenvalue weighted by Gasteiger charge is -2.37. The van der Waals surface area contributed by atoms with E-state index < -0.39 is 12.8 Å². The maximum absolute atomic E-state index is 11.9. The molecule has 0 bridgehead atoms. The van der Waals surface area contributed by atoms with Crippen molar-refractivity contribution in [2.24, 2.45) is 5.92 Å². The predicted molar refractivity (Wildman–Crippen MR) is 80.0 cm³/mol. The molecular weight excluding hydrogens is 295 g/mol. The molecule has 0 saturated carbocycles. The quantitative estimate of drug-likeness (QED) is 0.720. The molecule has 0 spiro atoms. The van der Waals surface area contributed by atoms with Crippen molar-refractivity contribution in [1.82, 2.24) is 15.1 Å². The van der Waals surface area contributed by atoms with Crippen LogP contribution in [0.25, 0.3) is 0 Å². The second kappa shape index (κ2) is 9.05. The van der Waals surface area contributed by atoms with Crippen molar-refractivity contribution in [2.45, 2.75) is 25.4 Å². The third-order valence-electron chi connectivity index (χ3n) is 4.47. The third-order valence-corrected chi connectivity index (χ3v) is 4.47. The molecular formula is C15H28F3N3O. The Balaban J connectivity index is 1.50. The molecule has 0 aliphatic carbocycles. The van der Waals surface area contributed by atoms with Crippen LogP contribution in [0.15, 0.2) is 0 Å². The second-order valence-corrected chi connectivity index (χ2v) is 6.36. The van der Waals surface area contributed by atoms with Gasteiger partial charge in [-0.3, -0.25) is 0 Å². The lowest BCUT2D eigenvalue weighted by Crippen LogP contribution is -2.48. The lowest BCUT2D eigenvalue weighted by molar-refractivity contribution is -0.174. The van der Waals surface area contributed by atoms with E-state index in [0.29, 0.717) is 6.42 Å². The second-order valence-electron chi connectivity index (χ2n) is 6.36. The van der Waals surface area contributed by atoms with Gasteiger partial charge in [0.05, 0.1) is 0 Å². The van der Waals surface area contributed by atoms with Crippen LogP contribution >= 0.6 is 0 Å². The first-order valence-corrected chi connectivity index (χ1v) is 8.33. The molecule has 2 fully saturated rings. The maximum atomic E-state index is 11.9. The highest BCUT2D eigenvalue weighted by Gasteiger charge is 2.27. The number of hydrogen-bond donors (Lipinski definition) is 1. The summed E-state index contributed by atoms with van der Waals surface area (Å²) < 4.78 is 40.4. The molecule has 1 N–H and O–H groups in total. The lowest BCUT2D eigenvalue weighted by atomic mass is 9.97. The van der Waals surface area contributed by atoms with E-state index >= 15 is 0 Å². The molecule has 2 aliphatic heterocycles. The Morgan fingerprint density at radius 1 is 1.00 bits per heavy atom. The number of ether oxygens (including phenoxy) is 1. The van der Waals surface area contributed by atoms with Crippen molar-refractivity contribution in [2.75, 3.05) is 65.6 Å². The minimum Gasteiger partial charge on any atom is -0.372 e. The Morgan fingerprint density at radius 3 is 2.27 bits per heavy atom. The molecule has 0 aromatic rings. The number of alkyl halides is 3. The summed E-state index contributed by atoms with van der Waals surface area (Å²) in [4.78, 5) is 4.86. The fourth-order valence-electron chi connectivity index (χ4n) is 3.20. The van der Waals surface area contributed by atoms with E-state index in [1.165, 1.54) is 19.4 Å². The predicted octanol–water partition coefficient (Wildman–Crippen LogP) is 1.57. The van der Waals surface area contributed by atoms with Crippen LogP contribution in [0, 0.1) is 5.92 Å². The van der Waals surface area contributed by atoms with Crippen molar-refractivity contribution >= 4 is 0 Å². The zero-order chi connectivity index (χ0) is 15.8. The molecule has 0 aromatic heterocycles. The molecule has 2 aliphatic rings. The first-order chi connectivity index (χ1) is 10.5. The molecule has 0 atom stereocenters. The molecule has 0 radical (unpaired) electrons. The highest BCUT2D eigenvalue weighted by Crippen LogP contribution is 2.16. The van der Waals surface area contributed by atoms with E-state index in [-0.39, 0.29) is 6.61 Å². The Labute approximate surface area is 131 Å². The average molecular weight is 323 g/mol. The number of hydrogen-bond acceptors (Lipinski definition) is 4. The summed E-state index contributed by atoms with van der Waals surface area (Å²) in [6.07, 6.45) is -0.988. The zero-order valence-corrected chi connectivity index (χ0v) is 13.2. The van der Waals surface area contributed by atoms with Gasteiger partial charge in [0.1, 0.15) is 6.61 Å². The maximum Gasteiger partial charge on any atom is 0.411 e. The highest BCUT2D eigenvalue weighted by molar-refractivity contribution is 4.77. The molecule has 0 unspecified atom stereocenters. The minimum absolute atomic E-state index is 0.189. The first-order valence-electron chi connectivity index (χ1n) is 8.33. The molecule has 0 aromatic carbocycles. The van der Waals surface area contributed by atoms with Crippen molar-refractivity contribution in [1.29, 1.82) is 0 Å². The van der Waals surface area contributed by atoms with Crippen LogP contribution in [0.5, 0.6) is 0 Å². The SMILES string of the molecule is FC(F)(F)COCCCN1CCN(CC2CCNCC2)CC1. The van der Waals surface area contributed by atoms with E-state index in [4.69, 9.17) is 0 Å². The van der Waals surface area contributed by atoms with Crippen LogP contribution in [-0.4, -0.2) is 81.5 Å². The number of nitrogens with zero attached hydrogens (tertiary/aromatic N) is 2. The van der Waals surface area contributed by atoms with E-state index in [1.807, 2.05) is 0 Å². The topological polar surface area (TPSA) is 27.7 Å². The molecule has 2 rings (SSSR count). The minimum atomic E-state index is -4.21. The van der Waals surface area contributed by atoms with Crippen molar-refractivity contribution in [3.05, 3.63) is 0 Å². The summed E-state index contributed by atoms with van der Waals surface area (Å²) in [7, 11) is 0. The van der Waals surface area contributed by atoms with Gasteiger partial charge in [-0.2, -0.15) is 13.2 Å². The van der Waals surface area contributed by atoms with Gasteiger partial charge in [0.25, 0.3) is 0 Å². The smallest absolute Gasteiger partial charge is 0.372 e. The molecule has 2 heterocycles. The van der Waals surface area contributed by atoms with Crippen LogP contribution in [0.3, 0.4) is 0 Å². The Hall–Kier alpha value is -0.370. The monoisotopic (exact) mass is 323 g/mol. The zero-order valence-electron chi connectivity index (χ0n) is 13.2. The summed E-state index contributed by atoms with van der Waals surface area (Å²) in [5.74, 6) is 0.823. The number of rotatable bonds is 7. The number of piperidine rings is 1. The first kappa shape index (κ1) is 18.0. The molecule has 2 saturated heterocycles. The molecule has 7 heteroatoms. The highest BCUT2D eigenvalue weighted by atomic mass is 19.4. The fourth-order valence-corrected chi connectivity index (χ4v) is 3.20. The van der Waals surface area contributed by atoms with Crippen molar-refractivity contribution in [3.63, 3.8) is 0 Å². The summed E-state index contributed by atoms with van der Waals surface area (Å²) in [5.41, 5.74) is 0. The van der Waals surface area contributed by atoms with Gasteiger partial charge >= 0.3 is 6.18 Å². The number of nitrogens with one attached hydrogen (secondary N) is 1. The van der Waals surface area contributed by atoms with Crippen LogP contribution in [0.2, 0.25) is 0 Å². The van der Waals surface area contributed by atoms with E-state index in [9.17, 15) is 13.2 Å². The van der Waals surface area contributed by atoms with Gasteiger partial charge in [-0.1, -0.05) is 0 Å². The van der Waals surface area contributed by atoms with Crippen molar-refractivity contribution < 1.29 is 17.9 Å². The standard InChI is InChI=1S/C15H28F3N3O/c16-15(17,18)13-22-11-1-6-20-7-9-21(10-8-20)12-14-2-4-19-5-3-14/h14,19H,1-13H2. The van der Waals surface area contributed by atoms with Crippen LogP contribution in [-0.2, 0) is 4.74 Å². The Kier molecular flexibility index (Phi) is 7.40. The Bertz CT molecular complexity index is 301. The van der Waals surface area contributed by atoms with Gasteiger partial charge in [0.2, 0.25) is 0 Å². The summed E-state index contributed by atoms with van der Waals surface area (Å²) in [6.45, 7) is 7.56. The van der Waals surface area contributed by atoms with Crippen LogP contribution in [0.4, 0.5) is 13.2 Å². The van der Waals surface area contributed by atoms with Crippen molar-refractivity contribution in [3.8, 4) is 0 Å². The van der Waals surface area contributed by atoms with Gasteiger partial charge in [0, 0.05) is 45.9 Å². The van der Waals surface area contributed by atoms with E-state index in [0.717, 1.165) is 51.7 Å². The van der Waals surface area contributed by atoms with Crippen LogP contribution in [0.1, 0.15) is 19.3 Å². The van der Waals surface area contributed by atoms with E-state index in [2.05, 4.69) is 19.9 Å². The molecule has 4 nitrogen and oxygen atoms in total. The van der Waals surface area contributed by atoms with Gasteiger partial charge in [-0.25, -0.2) is 0 Å². The van der Waals surface area contributed by atoms with Gasteiger partial charge in [-0.15, -0.1) is 0 Å². The van der Waals surface area contributed by atoms with Gasteiger partial charge in [0.15, 0.2) is 0 Å². The largest absolute Gasteiger partial charge is 0.411 e. The number of halogens is 3. The average Bonchev–Trinajstić information content (AvgIpc) is 2.48. The number of piperazine rings is 1. The summed E-state index contributed by atoms with van der Waals surface area (Å²) in [5, 5.41) is 3.39.